The van der Waals surface area contributed by atoms with Gasteiger partial charge >= 0.3 is 0 Å². The number of aryl methyl sites for hydroxylation is 1. The maximum absolute atomic E-state index is 6.15. The number of rotatable bonds is 3. The normalized spacial score (nSPS) is 30.0. The van der Waals surface area contributed by atoms with Gasteiger partial charge < -0.3 is 5.73 Å². The second-order valence-corrected chi connectivity index (χ2v) is 6.64. The van der Waals surface area contributed by atoms with Crippen LogP contribution in [0.15, 0.2) is 6.20 Å². The Hall–Kier alpha value is -0.960. The van der Waals surface area contributed by atoms with E-state index in [1.807, 2.05) is 6.20 Å². The van der Waals surface area contributed by atoms with Gasteiger partial charge in [0.1, 0.15) is 5.82 Å². The van der Waals surface area contributed by atoms with Crippen molar-refractivity contribution in [2.45, 2.75) is 76.7 Å². The molecule has 0 bridgehead atoms. The summed E-state index contributed by atoms with van der Waals surface area (Å²) in [6, 6.07) is 0.160. The van der Waals surface area contributed by atoms with E-state index in [2.05, 4.69) is 11.9 Å². The second kappa shape index (κ2) is 6.21. The van der Waals surface area contributed by atoms with Gasteiger partial charge in [0, 0.05) is 29.4 Å². The zero-order valence-electron chi connectivity index (χ0n) is 12.6. The molecule has 0 saturated heterocycles. The first kappa shape index (κ1) is 14.0. The first-order valence-corrected chi connectivity index (χ1v) is 8.39. The number of hydrogen-bond acceptors (Lipinski definition) is 3. The van der Waals surface area contributed by atoms with Crippen LogP contribution in [0.2, 0.25) is 0 Å². The molecule has 1 aromatic rings. The lowest BCUT2D eigenvalue weighted by Gasteiger charge is -2.28. The number of fused-ring (bicyclic) bond motifs is 1. The fourth-order valence-corrected chi connectivity index (χ4v) is 3.91. The molecule has 0 amide bonds. The van der Waals surface area contributed by atoms with Crippen molar-refractivity contribution >= 4 is 0 Å². The molecule has 2 N–H and O–H groups in total. The van der Waals surface area contributed by atoms with Crippen LogP contribution in [0.25, 0.3) is 0 Å². The molecule has 1 heterocycles. The summed E-state index contributed by atoms with van der Waals surface area (Å²) in [5.74, 6) is 2.63. The maximum Gasteiger partial charge on any atom is 0.131 e. The van der Waals surface area contributed by atoms with Crippen LogP contribution in [0.3, 0.4) is 0 Å². The standard InChI is InChI=1S/C17H27N3/c1-2-4-12-7-9-13(10-8-12)17-19-11-14-15(18)5-3-6-16(14)20-17/h11-13,15H,2-10,18H2,1H3. The third-order valence-corrected chi connectivity index (χ3v) is 5.16. The van der Waals surface area contributed by atoms with Crippen LogP contribution in [0.5, 0.6) is 0 Å². The molecule has 1 aromatic heterocycles. The molecule has 3 rings (SSSR count). The number of nitrogens with zero attached hydrogens (tertiary/aromatic N) is 2. The lowest BCUT2D eigenvalue weighted by molar-refractivity contribution is 0.301. The monoisotopic (exact) mass is 273 g/mol. The zero-order valence-corrected chi connectivity index (χ0v) is 12.6. The van der Waals surface area contributed by atoms with E-state index in [4.69, 9.17) is 10.7 Å². The summed E-state index contributed by atoms with van der Waals surface area (Å²) < 4.78 is 0. The molecule has 1 saturated carbocycles. The highest BCUT2D eigenvalue weighted by Gasteiger charge is 2.25. The Bertz CT molecular complexity index is 450. The Morgan fingerprint density at radius 3 is 2.75 bits per heavy atom. The Morgan fingerprint density at radius 1 is 1.20 bits per heavy atom. The number of nitrogens with two attached hydrogens (primary N) is 1. The van der Waals surface area contributed by atoms with E-state index in [0.717, 1.165) is 24.6 Å². The second-order valence-electron chi connectivity index (χ2n) is 6.64. The predicted molar refractivity (Wildman–Crippen MR) is 81.5 cm³/mol. The van der Waals surface area contributed by atoms with Crippen LogP contribution >= 0.6 is 0 Å². The van der Waals surface area contributed by atoms with Crippen LogP contribution in [0.4, 0.5) is 0 Å². The summed E-state index contributed by atoms with van der Waals surface area (Å²) in [6.45, 7) is 2.29. The summed E-state index contributed by atoms with van der Waals surface area (Å²) >= 11 is 0. The van der Waals surface area contributed by atoms with Crippen molar-refractivity contribution in [2.24, 2.45) is 11.7 Å². The lowest BCUT2D eigenvalue weighted by atomic mass is 9.79. The first-order chi connectivity index (χ1) is 9.78. The van der Waals surface area contributed by atoms with Gasteiger partial charge in [-0.25, -0.2) is 9.97 Å². The third kappa shape index (κ3) is 2.88. The van der Waals surface area contributed by atoms with E-state index >= 15 is 0 Å². The average molecular weight is 273 g/mol. The van der Waals surface area contributed by atoms with Crippen molar-refractivity contribution in [3.05, 3.63) is 23.3 Å². The molecule has 110 valence electrons. The van der Waals surface area contributed by atoms with Crippen LogP contribution in [0, 0.1) is 5.92 Å². The summed E-state index contributed by atoms with van der Waals surface area (Å²) in [7, 11) is 0. The van der Waals surface area contributed by atoms with Gasteiger partial charge in [-0.3, -0.25) is 0 Å². The summed E-state index contributed by atoms with van der Waals surface area (Å²) in [5.41, 5.74) is 8.57. The summed E-state index contributed by atoms with van der Waals surface area (Å²) in [6.07, 6.45) is 13.3. The first-order valence-electron chi connectivity index (χ1n) is 8.39. The molecule has 2 aliphatic carbocycles. The van der Waals surface area contributed by atoms with Gasteiger partial charge in [-0.2, -0.15) is 0 Å². The molecule has 1 fully saturated rings. The fraction of sp³-hybridized carbons (Fsp3) is 0.765. The molecule has 3 heteroatoms. The number of aromatic nitrogens is 2. The third-order valence-electron chi connectivity index (χ3n) is 5.16. The molecular weight excluding hydrogens is 246 g/mol. The van der Waals surface area contributed by atoms with Gasteiger partial charge in [0.2, 0.25) is 0 Å². The average Bonchev–Trinajstić information content (AvgIpc) is 2.48. The minimum Gasteiger partial charge on any atom is -0.324 e. The van der Waals surface area contributed by atoms with Crippen LogP contribution in [0.1, 0.15) is 87.3 Å². The highest BCUT2D eigenvalue weighted by atomic mass is 14.9. The molecule has 3 nitrogen and oxygen atoms in total. The molecule has 20 heavy (non-hydrogen) atoms. The van der Waals surface area contributed by atoms with Gasteiger partial charge in [0.15, 0.2) is 0 Å². The molecular formula is C17H27N3. The van der Waals surface area contributed by atoms with Gasteiger partial charge in [0.05, 0.1) is 0 Å². The molecule has 1 unspecified atom stereocenters. The van der Waals surface area contributed by atoms with Gasteiger partial charge in [-0.15, -0.1) is 0 Å². The summed E-state index contributed by atoms with van der Waals surface area (Å²) in [4.78, 5) is 9.51. The van der Waals surface area contributed by atoms with E-state index in [-0.39, 0.29) is 6.04 Å². The quantitative estimate of drug-likeness (QED) is 0.909. The highest BCUT2D eigenvalue weighted by molar-refractivity contribution is 5.24. The minimum absolute atomic E-state index is 0.160. The van der Waals surface area contributed by atoms with Crippen molar-refractivity contribution in [1.82, 2.24) is 9.97 Å². The smallest absolute Gasteiger partial charge is 0.131 e. The van der Waals surface area contributed by atoms with E-state index < -0.39 is 0 Å². The van der Waals surface area contributed by atoms with Crippen molar-refractivity contribution in [2.75, 3.05) is 0 Å². The Morgan fingerprint density at radius 2 is 2.00 bits per heavy atom. The van der Waals surface area contributed by atoms with Crippen molar-refractivity contribution < 1.29 is 0 Å². The van der Waals surface area contributed by atoms with Gasteiger partial charge in [0.25, 0.3) is 0 Å². The van der Waals surface area contributed by atoms with Gasteiger partial charge in [-0.1, -0.05) is 19.8 Å². The zero-order chi connectivity index (χ0) is 13.9. The Kier molecular flexibility index (Phi) is 4.35. The Labute approximate surface area is 122 Å². The number of hydrogen-bond donors (Lipinski definition) is 1. The van der Waals surface area contributed by atoms with Crippen LogP contribution in [-0.2, 0) is 6.42 Å². The Balaban J connectivity index is 1.69. The molecule has 1 atom stereocenters. The minimum atomic E-state index is 0.160. The molecule has 0 radical (unpaired) electrons. The highest BCUT2D eigenvalue weighted by Crippen LogP contribution is 2.37. The molecule has 2 aliphatic rings. The van der Waals surface area contributed by atoms with E-state index in [1.54, 1.807) is 0 Å². The maximum atomic E-state index is 6.15. The van der Waals surface area contributed by atoms with Crippen molar-refractivity contribution in [3.63, 3.8) is 0 Å². The summed E-state index contributed by atoms with van der Waals surface area (Å²) in [5, 5.41) is 0. The topological polar surface area (TPSA) is 51.8 Å². The van der Waals surface area contributed by atoms with Crippen LogP contribution < -0.4 is 5.73 Å². The molecule has 0 spiro atoms. The predicted octanol–water partition coefficient (Wildman–Crippen LogP) is 3.89. The van der Waals surface area contributed by atoms with E-state index in [1.165, 1.54) is 56.2 Å². The molecule has 0 aromatic carbocycles. The van der Waals surface area contributed by atoms with Crippen molar-refractivity contribution in [1.29, 1.82) is 0 Å². The van der Waals surface area contributed by atoms with Crippen LogP contribution in [-0.4, -0.2) is 9.97 Å². The van der Waals surface area contributed by atoms with Crippen molar-refractivity contribution in [3.8, 4) is 0 Å². The van der Waals surface area contributed by atoms with Gasteiger partial charge in [-0.05, 0) is 50.9 Å². The van der Waals surface area contributed by atoms with E-state index in [9.17, 15) is 0 Å². The lowest BCUT2D eigenvalue weighted by Crippen LogP contribution is -2.21. The SMILES string of the molecule is CCCC1CCC(c2ncc3c(n2)CCCC3N)CC1. The largest absolute Gasteiger partial charge is 0.324 e. The fourth-order valence-electron chi connectivity index (χ4n) is 3.91. The molecule has 0 aliphatic heterocycles. The van der Waals surface area contributed by atoms with E-state index in [0.29, 0.717) is 5.92 Å².